The van der Waals surface area contributed by atoms with Gasteiger partial charge in [-0.05, 0) is 44.4 Å². The van der Waals surface area contributed by atoms with E-state index >= 15 is 0 Å². The van der Waals surface area contributed by atoms with E-state index in [-0.39, 0.29) is 23.0 Å². The number of nitrogens with zero attached hydrogens (tertiary/aromatic N) is 1. The van der Waals surface area contributed by atoms with Gasteiger partial charge in [-0.2, -0.15) is 0 Å². The fourth-order valence-electron chi connectivity index (χ4n) is 1.81. The highest BCUT2D eigenvalue weighted by Crippen LogP contribution is 2.13. The minimum Gasteiger partial charge on any atom is -0.346 e. The van der Waals surface area contributed by atoms with Gasteiger partial charge in [-0.3, -0.25) is 14.6 Å². The molecule has 0 aromatic carbocycles. The number of carbonyl (C=O) groups excluding carboxylic acids is 2. The van der Waals surface area contributed by atoms with Crippen molar-refractivity contribution in [2.45, 2.75) is 32.7 Å². The van der Waals surface area contributed by atoms with Crippen LogP contribution in [0.15, 0.2) is 35.8 Å². The van der Waals surface area contributed by atoms with Gasteiger partial charge in [0.05, 0.1) is 6.42 Å². The number of amides is 2. The Bertz CT molecular complexity index is 660. The molecule has 0 atom stereocenters. The second-order valence-corrected chi connectivity index (χ2v) is 6.97. The number of aromatic nitrogens is 1. The van der Waals surface area contributed by atoms with Gasteiger partial charge in [-0.15, -0.1) is 11.3 Å². The summed E-state index contributed by atoms with van der Waals surface area (Å²) in [5.41, 5.74) is 0.511. The molecule has 0 aliphatic carbocycles. The molecule has 2 aromatic heterocycles. The van der Waals surface area contributed by atoms with Crippen molar-refractivity contribution in [3.63, 3.8) is 0 Å². The van der Waals surface area contributed by atoms with Gasteiger partial charge in [-0.1, -0.05) is 6.07 Å². The van der Waals surface area contributed by atoms with Crippen molar-refractivity contribution in [2.75, 3.05) is 5.32 Å². The quantitative estimate of drug-likeness (QED) is 0.911. The summed E-state index contributed by atoms with van der Waals surface area (Å²) >= 11 is 1.54. The second-order valence-electron chi connectivity index (χ2n) is 5.94. The molecule has 6 heteroatoms. The molecule has 0 saturated heterocycles. The van der Waals surface area contributed by atoms with Gasteiger partial charge in [0.25, 0.3) is 5.91 Å². The summed E-state index contributed by atoms with van der Waals surface area (Å²) in [7, 11) is 0. The van der Waals surface area contributed by atoms with Crippen LogP contribution in [0.4, 0.5) is 5.69 Å². The van der Waals surface area contributed by atoms with Crippen LogP contribution in [0.1, 0.15) is 36.1 Å². The average molecular weight is 317 g/mol. The first-order valence-electron chi connectivity index (χ1n) is 6.94. The summed E-state index contributed by atoms with van der Waals surface area (Å²) in [6, 6.07) is 7.07. The number of hydrogen-bond donors (Lipinski definition) is 2. The molecule has 0 radical (unpaired) electrons. The van der Waals surface area contributed by atoms with Gasteiger partial charge in [-0.25, -0.2) is 0 Å². The first kappa shape index (κ1) is 16.2. The second kappa shape index (κ2) is 6.70. The van der Waals surface area contributed by atoms with E-state index < -0.39 is 0 Å². The number of rotatable bonds is 4. The van der Waals surface area contributed by atoms with Crippen LogP contribution in [0, 0.1) is 0 Å². The Morgan fingerprint density at radius 1 is 1.27 bits per heavy atom. The summed E-state index contributed by atoms with van der Waals surface area (Å²) in [6.07, 6.45) is 1.84. The number of anilines is 1. The fraction of sp³-hybridized carbons (Fsp3) is 0.312. The van der Waals surface area contributed by atoms with Crippen LogP contribution in [0.25, 0.3) is 0 Å². The molecule has 0 fully saturated rings. The molecule has 0 aliphatic heterocycles. The van der Waals surface area contributed by atoms with Crippen molar-refractivity contribution in [2.24, 2.45) is 0 Å². The van der Waals surface area contributed by atoms with Crippen LogP contribution >= 0.6 is 11.3 Å². The minimum absolute atomic E-state index is 0.115. The zero-order valence-corrected chi connectivity index (χ0v) is 13.7. The third-order valence-corrected chi connectivity index (χ3v) is 3.56. The maximum absolute atomic E-state index is 12.1. The highest BCUT2D eigenvalue weighted by Gasteiger charge is 2.16. The molecule has 0 spiro atoms. The van der Waals surface area contributed by atoms with Crippen LogP contribution < -0.4 is 10.6 Å². The molecule has 2 aromatic rings. The summed E-state index contributed by atoms with van der Waals surface area (Å²) in [5.74, 6) is -0.377. The highest BCUT2D eigenvalue weighted by atomic mass is 32.1. The number of pyridine rings is 1. The first-order valence-corrected chi connectivity index (χ1v) is 7.82. The lowest BCUT2D eigenvalue weighted by Crippen LogP contribution is -2.40. The van der Waals surface area contributed by atoms with Gasteiger partial charge in [0.2, 0.25) is 5.91 Å². The Labute approximate surface area is 133 Å². The standard InChI is InChI=1S/C16H19N3O2S/c1-16(2,3)19-15(21)13-9-11(6-7-17-13)18-14(20)10-12-5-4-8-22-12/h4-9H,10H2,1-3H3,(H,19,21)(H,17,18,20). The van der Waals surface area contributed by atoms with E-state index in [2.05, 4.69) is 15.6 Å². The van der Waals surface area contributed by atoms with Crippen molar-refractivity contribution in [3.05, 3.63) is 46.4 Å². The smallest absolute Gasteiger partial charge is 0.270 e. The predicted molar refractivity (Wildman–Crippen MR) is 88.1 cm³/mol. The van der Waals surface area contributed by atoms with Gasteiger partial charge in [0.1, 0.15) is 5.69 Å². The highest BCUT2D eigenvalue weighted by molar-refractivity contribution is 7.10. The normalized spacial score (nSPS) is 11.0. The van der Waals surface area contributed by atoms with Crippen LogP contribution in [-0.2, 0) is 11.2 Å². The van der Waals surface area contributed by atoms with E-state index in [0.29, 0.717) is 12.1 Å². The monoisotopic (exact) mass is 317 g/mol. The zero-order chi connectivity index (χ0) is 16.2. The molecule has 2 amide bonds. The van der Waals surface area contributed by atoms with Crippen LogP contribution in [0.3, 0.4) is 0 Å². The Balaban J connectivity index is 2.02. The molecule has 0 unspecified atom stereocenters. The minimum atomic E-state index is -0.336. The number of carbonyl (C=O) groups is 2. The average Bonchev–Trinajstić information content (AvgIpc) is 2.89. The van der Waals surface area contributed by atoms with Crippen LogP contribution in [0.2, 0.25) is 0 Å². The molecule has 0 aliphatic rings. The Morgan fingerprint density at radius 2 is 2.05 bits per heavy atom. The summed E-state index contributed by atoms with van der Waals surface area (Å²) in [5, 5.41) is 7.56. The maximum Gasteiger partial charge on any atom is 0.270 e. The molecule has 2 N–H and O–H groups in total. The Hall–Kier alpha value is -2.21. The van der Waals surface area contributed by atoms with Crippen LogP contribution in [0.5, 0.6) is 0 Å². The lowest BCUT2D eigenvalue weighted by atomic mass is 10.1. The lowest BCUT2D eigenvalue weighted by molar-refractivity contribution is -0.115. The molecule has 0 bridgehead atoms. The number of nitrogens with one attached hydrogen (secondary N) is 2. The third kappa shape index (κ3) is 4.96. The van der Waals surface area contributed by atoms with Gasteiger partial charge in [0.15, 0.2) is 0 Å². The van der Waals surface area contributed by atoms with Gasteiger partial charge < -0.3 is 10.6 Å². The van der Waals surface area contributed by atoms with Crippen molar-refractivity contribution >= 4 is 28.8 Å². The van der Waals surface area contributed by atoms with Crippen molar-refractivity contribution in [1.29, 1.82) is 0 Å². The predicted octanol–water partition coefficient (Wildman–Crippen LogP) is 2.85. The van der Waals surface area contributed by atoms with Crippen molar-refractivity contribution in [1.82, 2.24) is 10.3 Å². The van der Waals surface area contributed by atoms with E-state index in [4.69, 9.17) is 0 Å². The Kier molecular flexibility index (Phi) is 4.92. The van der Waals surface area contributed by atoms with Gasteiger partial charge in [0, 0.05) is 22.3 Å². The SMILES string of the molecule is CC(C)(C)NC(=O)c1cc(NC(=O)Cc2cccs2)ccn1. The zero-order valence-electron chi connectivity index (χ0n) is 12.8. The third-order valence-electron chi connectivity index (χ3n) is 2.68. The van der Waals surface area contributed by atoms with Gasteiger partial charge >= 0.3 is 0 Å². The van der Waals surface area contributed by atoms with Crippen molar-refractivity contribution < 1.29 is 9.59 Å². The molecular weight excluding hydrogens is 298 g/mol. The van der Waals surface area contributed by atoms with E-state index in [1.807, 2.05) is 38.3 Å². The van der Waals surface area contributed by atoms with E-state index in [0.717, 1.165) is 4.88 Å². The number of hydrogen-bond acceptors (Lipinski definition) is 4. The molecular formula is C16H19N3O2S. The summed E-state index contributed by atoms with van der Waals surface area (Å²) in [6.45, 7) is 5.70. The largest absolute Gasteiger partial charge is 0.346 e. The molecule has 0 saturated carbocycles. The molecule has 2 rings (SSSR count). The lowest BCUT2D eigenvalue weighted by Gasteiger charge is -2.20. The fourth-order valence-corrected chi connectivity index (χ4v) is 2.52. The summed E-state index contributed by atoms with van der Waals surface area (Å²) < 4.78 is 0. The topological polar surface area (TPSA) is 71.1 Å². The Morgan fingerprint density at radius 3 is 2.68 bits per heavy atom. The molecule has 2 heterocycles. The molecule has 5 nitrogen and oxygen atoms in total. The van der Waals surface area contributed by atoms with Crippen LogP contribution in [-0.4, -0.2) is 22.3 Å². The van der Waals surface area contributed by atoms with E-state index in [1.165, 1.54) is 17.5 Å². The maximum atomic E-state index is 12.1. The van der Waals surface area contributed by atoms with Crippen molar-refractivity contribution in [3.8, 4) is 0 Å². The first-order chi connectivity index (χ1) is 10.3. The molecule has 116 valence electrons. The summed E-state index contributed by atoms with van der Waals surface area (Å²) in [4.78, 5) is 29.1. The van der Waals surface area contributed by atoms with E-state index in [9.17, 15) is 9.59 Å². The van der Waals surface area contributed by atoms with E-state index in [1.54, 1.807) is 12.1 Å². The molecule has 22 heavy (non-hydrogen) atoms. The number of thiophene rings is 1.